The predicted octanol–water partition coefficient (Wildman–Crippen LogP) is 1.78. The summed E-state index contributed by atoms with van der Waals surface area (Å²) < 4.78 is 63.0. The van der Waals surface area contributed by atoms with Crippen LogP contribution in [0.3, 0.4) is 0 Å². The molecule has 0 N–H and O–H groups in total. The number of nitrogens with zero attached hydrogens (tertiary/aromatic N) is 1. The molecule has 0 amide bonds. The molecule has 0 atom stereocenters. The van der Waals surface area contributed by atoms with Crippen molar-refractivity contribution in [3.05, 3.63) is 24.0 Å². The van der Waals surface area contributed by atoms with Crippen LogP contribution in [0, 0.1) is 5.82 Å². The second-order valence-electron chi connectivity index (χ2n) is 4.94. The number of rotatable bonds is 3. The second kappa shape index (κ2) is 5.94. The molecule has 9 heteroatoms. The molecule has 1 fully saturated rings. The van der Waals surface area contributed by atoms with Gasteiger partial charge in [-0.25, -0.2) is 21.2 Å². The van der Waals surface area contributed by atoms with Gasteiger partial charge in [0.25, 0.3) is 0 Å². The van der Waals surface area contributed by atoms with Crippen molar-refractivity contribution in [2.24, 2.45) is 0 Å². The van der Waals surface area contributed by atoms with Crippen LogP contribution in [0.1, 0.15) is 12.8 Å². The summed E-state index contributed by atoms with van der Waals surface area (Å²) in [5, 5.41) is 0. The molecule has 0 aromatic heterocycles. The number of sulfonamides is 1. The van der Waals surface area contributed by atoms with E-state index in [1.165, 1.54) is 4.31 Å². The Balaban J connectivity index is 2.45. The Hall–Kier alpha value is -0.510. The van der Waals surface area contributed by atoms with E-state index in [-0.39, 0.29) is 22.8 Å². The van der Waals surface area contributed by atoms with Crippen LogP contribution in [0.2, 0.25) is 0 Å². The van der Waals surface area contributed by atoms with Gasteiger partial charge in [0.1, 0.15) is 10.7 Å². The molecule has 2 rings (SSSR count). The van der Waals surface area contributed by atoms with Gasteiger partial charge in [0.15, 0.2) is 9.84 Å². The maximum atomic E-state index is 13.9. The van der Waals surface area contributed by atoms with Crippen molar-refractivity contribution >= 4 is 35.8 Å². The van der Waals surface area contributed by atoms with Crippen LogP contribution < -0.4 is 0 Å². The summed E-state index contributed by atoms with van der Waals surface area (Å²) >= 11 is 3.42. The largest absolute Gasteiger partial charge is 0.246 e. The molecule has 0 spiro atoms. The Bertz CT molecular complexity index is 741. The molecular weight excluding hydrogens is 385 g/mol. The SMILES string of the molecule is CS(=O)(=O)c1ccc(F)c(S(=O)(=O)N2CCC(Br)CC2)c1. The van der Waals surface area contributed by atoms with E-state index in [2.05, 4.69) is 15.9 Å². The Morgan fingerprint density at radius 2 is 1.76 bits per heavy atom. The Kier molecular flexibility index (Phi) is 4.77. The van der Waals surface area contributed by atoms with Crippen LogP contribution in [-0.4, -0.2) is 45.3 Å². The average Bonchev–Trinajstić information content (AvgIpc) is 2.38. The summed E-state index contributed by atoms with van der Waals surface area (Å²) in [6.45, 7) is 0.557. The van der Waals surface area contributed by atoms with Crippen LogP contribution in [-0.2, 0) is 19.9 Å². The molecule has 0 saturated carbocycles. The van der Waals surface area contributed by atoms with Gasteiger partial charge in [0.2, 0.25) is 10.0 Å². The van der Waals surface area contributed by atoms with Crippen molar-refractivity contribution in [2.45, 2.75) is 27.5 Å². The topological polar surface area (TPSA) is 71.5 Å². The molecule has 1 aromatic rings. The van der Waals surface area contributed by atoms with E-state index in [0.717, 1.165) is 24.5 Å². The van der Waals surface area contributed by atoms with Crippen molar-refractivity contribution in [1.82, 2.24) is 4.31 Å². The van der Waals surface area contributed by atoms with Gasteiger partial charge in [0.05, 0.1) is 4.90 Å². The van der Waals surface area contributed by atoms with E-state index in [9.17, 15) is 21.2 Å². The smallest absolute Gasteiger partial charge is 0.224 e. The molecule has 1 aliphatic heterocycles. The highest BCUT2D eigenvalue weighted by atomic mass is 79.9. The fourth-order valence-corrected chi connectivity index (χ4v) is 4.81. The van der Waals surface area contributed by atoms with Crippen molar-refractivity contribution in [3.8, 4) is 0 Å². The van der Waals surface area contributed by atoms with E-state index in [4.69, 9.17) is 0 Å². The molecule has 21 heavy (non-hydrogen) atoms. The molecule has 5 nitrogen and oxygen atoms in total. The Morgan fingerprint density at radius 3 is 2.29 bits per heavy atom. The summed E-state index contributed by atoms with van der Waals surface area (Å²) in [6.07, 6.45) is 2.21. The molecule has 118 valence electrons. The molecule has 0 aliphatic carbocycles. The monoisotopic (exact) mass is 399 g/mol. The van der Waals surface area contributed by atoms with Crippen molar-refractivity contribution in [2.75, 3.05) is 19.3 Å². The van der Waals surface area contributed by atoms with Crippen molar-refractivity contribution in [3.63, 3.8) is 0 Å². The molecule has 1 heterocycles. The predicted molar refractivity (Wildman–Crippen MR) is 80.2 cm³/mol. The number of piperidine rings is 1. The lowest BCUT2D eigenvalue weighted by Crippen LogP contribution is -2.39. The summed E-state index contributed by atoms with van der Waals surface area (Å²) in [7, 11) is -7.62. The molecule has 1 aromatic carbocycles. The minimum absolute atomic E-state index is 0.210. The van der Waals surface area contributed by atoms with Crippen LogP contribution in [0.15, 0.2) is 28.0 Å². The van der Waals surface area contributed by atoms with Crippen LogP contribution in [0.5, 0.6) is 0 Å². The van der Waals surface area contributed by atoms with Gasteiger partial charge in [-0.1, -0.05) is 15.9 Å². The number of hydrogen-bond acceptors (Lipinski definition) is 4. The van der Waals surface area contributed by atoms with Gasteiger partial charge in [-0.2, -0.15) is 4.31 Å². The lowest BCUT2D eigenvalue weighted by atomic mass is 10.2. The lowest BCUT2D eigenvalue weighted by Gasteiger charge is -2.28. The number of sulfone groups is 1. The zero-order valence-corrected chi connectivity index (χ0v) is 14.5. The molecule has 1 aliphatic rings. The zero-order chi connectivity index (χ0) is 15.8. The van der Waals surface area contributed by atoms with E-state index >= 15 is 0 Å². The Morgan fingerprint density at radius 1 is 1.19 bits per heavy atom. The first-order valence-corrected chi connectivity index (χ1v) is 10.5. The summed E-state index contributed by atoms with van der Waals surface area (Å²) in [6, 6.07) is 2.83. The van der Waals surface area contributed by atoms with Crippen molar-refractivity contribution in [1.29, 1.82) is 0 Å². The van der Waals surface area contributed by atoms with Gasteiger partial charge in [-0.05, 0) is 31.0 Å². The highest BCUT2D eigenvalue weighted by Crippen LogP contribution is 2.27. The molecule has 0 radical (unpaired) electrons. The van der Waals surface area contributed by atoms with Crippen LogP contribution >= 0.6 is 15.9 Å². The van der Waals surface area contributed by atoms with Crippen molar-refractivity contribution < 1.29 is 21.2 Å². The summed E-state index contributed by atoms with van der Waals surface area (Å²) in [4.78, 5) is -0.549. The van der Waals surface area contributed by atoms with E-state index in [1.54, 1.807) is 0 Å². The Labute approximate surface area is 132 Å². The molecule has 1 saturated heterocycles. The second-order valence-corrected chi connectivity index (χ2v) is 10.2. The van der Waals surface area contributed by atoms with Gasteiger partial charge in [-0.3, -0.25) is 0 Å². The van der Waals surface area contributed by atoms with Crippen LogP contribution in [0.4, 0.5) is 4.39 Å². The average molecular weight is 400 g/mol. The van der Waals surface area contributed by atoms with Gasteiger partial charge in [0, 0.05) is 24.2 Å². The van der Waals surface area contributed by atoms with Crippen LogP contribution in [0.25, 0.3) is 0 Å². The third-order valence-electron chi connectivity index (χ3n) is 3.33. The quantitative estimate of drug-likeness (QED) is 0.573. The highest BCUT2D eigenvalue weighted by Gasteiger charge is 2.31. The van der Waals surface area contributed by atoms with Gasteiger partial charge < -0.3 is 0 Å². The fraction of sp³-hybridized carbons (Fsp3) is 0.500. The third kappa shape index (κ3) is 3.64. The fourth-order valence-electron chi connectivity index (χ4n) is 2.12. The maximum Gasteiger partial charge on any atom is 0.246 e. The van der Waals surface area contributed by atoms with Gasteiger partial charge in [-0.15, -0.1) is 0 Å². The first-order valence-electron chi connectivity index (χ1n) is 6.26. The van der Waals surface area contributed by atoms with E-state index in [0.29, 0.717) is 12.8 Å². The highest BCUT2D eigenvalue weighted by molar-refractivity contribution is 9.09. The standard InChI is InChI=1S/C12H15BrFNO4S2/c1-20(16,17)10-2-3-11(14)12(8-10)21(18,19)15-6-4-9(13)5-7-15/h2-3,8-9H,4-7H2,1H3. The summed E-state index contributed by atoms with van der Waals surface area (Å²) in [5.74, 6) is -0.941. The lowest BCUT2D eigenvalue weighted by molar-refractivity contribution is 0.352. The normalized spacial score (nSPS) is 18.8. The molecular formula is C12H15BrFNO4S2. The third-order valence-corrected chi connectivity index (χ3v) is 7.27. The number of halogens is 2. The first-order chi connectivity index (χ1) is 9.62. The minimum Gasteiger partial charge on any atom is -0.224 e. The maximum absolute atomic E-state index is 13.9. The minimum atomic E-state index is -4.03. The summed E-state index contributed by atoms with van der Waals surface area (Å²) in [5.41, 5.74) is 0. The zero-order valence-electron chi connectivity index (χ0n) is 11.3. The van der Waals surface area contributed by atoms with E-state index < -0.39 is 30.6 Å². The van der Waals surface area contributed by atoms with E-state index in [1.807, 2.05) is 0 Å². The first kappa shape index (κ1) is 16.9. The number of hydrogen-bond donors (Lipinski definition) is 0. The number of benzene rings is 1. The number of alkyl halides is 1. The van der Waals surface area contributed by atoms with Gasteiger partial charge >= 0.3 is 0 Å². The molecule has 0 unspecified atom stereocenters. The molecule has 0 bridgehead atoms.